The molecule has 0 saturated carbocycles. The van der Waals surface area contributed by atoms with Crippen LogP contribution in [0.3, 0.4) is 0 Å². The van der Waals surface area contributed by atoms with E-state index in [0.29, 0.717) is 32.2 Å². The Morgan fingerprint density at radius 3 is 2.77 bits per heavy atom. The number of ether oxygens (including phenoxy) is 3. The zero-order valence-electron chi connectivity index (χ0n) is 25.5. The molecule has 2 aromatic carbocycles. The summed E-state index contributed by atoms with van der Waals surface area (Å²) in [7, 11) is 3.34. The Morgan fingerprint density at radius 2 is 2.05 bits per heavy atom. The first-order valence-electron chi connectivity index (χ1n) is 15.0. The Bertz CT molecular complexity index is 1400. The number of rotatable bonds is 12. The van der Waals surface area contributed by atoms with Crippen LogP contribution in [0.25, 0.3) is 11.3 Å². The maximum Gasteiger partial charge on any atom is 0.309 e. The molecule has 43 heavy (non-hydrogen) atoms. The Labute approximate surface area is 272 Å². The molecule has 3 atom stereocenters. The molecule has 10 heteroatoms. The lowest BCUT2D eigenvalue weighted by Gasteiger charge is -2.36. The quantitative estimate of drug-likeness (QED) is 0.166. The van der Waals surface area contributed by atoms with E-state index in [0.717, 1.165) is 58.5 Å². The fourth-order valence-corrected chi connectivity index (χ4v) is 7.92. The van der Waals surface area contributed by atoms with Crippen LogP contribution >= 0.6 is 33.9 Å². The van der Waals surface area contributed by atoms with Crippen LogP contribution in [0.4, 0.5) is 5.13 Å². The minimum Gasteiger partial charge on any atom is -0.496 e. The predicted molar refractivity (Wildman–Crippen MR) is 180 cm³/mol. The summed E-state index contributed by atoms with van der Waals surface area (Å²) in [5.41, 5.74) is 6.69. The van der Waals surface area contributed by atoms with E-state index in [2.05, 4.69) is 75.9 Å². The average molecular weight is 720 g/mol. The maximum absolute atomic E-state index is 11.6. The Kier molecular flexibility index (Phi) is 10.8. The second-order valence-electron chi connectivity index (χ2n) is 11.5. The highest BCUT2D eigenvalue weighted by Crippen LogP contribution is 2.37. The molecule has 0 radical (unpaired) electrons. The molecular weight excluding hydrogens is 677 g/mol. The van der Waals surface area contributed by atoms with Crippen molar-refractivity contribution in [1.29, 1.82) is 0 Å². The maximum atomic E-state index is 11.6. The van der Waals surface area contributed by atoms with Crippen molar-refractivity contribution in [2.75, 3.05) is 43.2 Å². The summed E-state index contributed by atoms with van der Waals surface area (Å²) in [6.45, 7) is 7.94. The van der Waals surface area contributed by atoms with Gasteiger partial charge in [-0.25, -0.2) is 4.98 Å². The van der Waals surface area contributed by atoms with Gasteiger partial charge in [-0.3, -0.25) is 9.69 Å². The summed E-state index contributed by atoms with van der Waals surface area (Å²) >= 11 is 4.05. The number of aryl methyl sites for hydroxylation is 1. The Morgan fingerprint density at radius 1 is 1.21 bits per heavy atom. The fourth-order valence-electron chi connectivity index (χ4n) is 6.34. The SMILES string of the molecule is CCC(CCI)N1CCc2cc(COc3ccc(C)cc3-c3csc(N4CC[C@@H](C(=O)O)C(OC)C4)n3)cc(OC)c2C1. The van der Waals surface area contributed by atoms with Crippen LogP contribution in [0.2, 0.25) is 0 Å². The summed E-state index contributed by atoms with van der Waals surface area (Å²) in [6, 6.07) is 11.2. The molecule has 1 N–H and O–H groups in total. The number of halogens is 1. The van der Waals surface area contributed by atoms with Gasteiger partial charge in [0.25, 0.3) is 0 Å². The highest BCUT2D eigenvalue weighted by molar-refractivity contribution is 14.1. The molecule has 3 heterocycles. The van der Waals surface area contributed by atoms with Crippen LogP contribution in [0, 0.1) is 12.8 Å². The van der Waals surface area contributed by atoms with Crippen LogP contribution in [0.15, 0.2) is 35.7 Å². The molecule has 1 saturated heterocycles. The molecule has 2 aliphatic heterocycles. The predicted octanol–water partition coefficient (Wildman–Crippen LogP) is 6.59. The minimum absolute atomic E-state index is 0.364. The number of methoxy groups -OCH3 is 2. The number of thiazole rings is 1. The number of nitrogens with zero attached hydrogens (tertiary/aromatic N) is 3. The van der Waals surface area contributed by atoms with Gasteiger partial charge in [0, 0.05) is 60.3 Å². The Balaban J connectivity index is 1.32. The first-order valence-corrected chi connectivity index (χ1v) is 17.4. The second kappa shape index (κ2) is 14.6. The smallest absolute Gasteiger partial charge is 0.309 e. The minimum atomic E-state index is -0.803. The lowest BCUT2D eigenvalue weighted by atomic mass is 9.94. The van der Waals surface area contributed by atoms with Crippen LogP contribution < -0.4 is 14.4 Å². The molecular formula is C33H42IN3O5S. The summed E-state index contributed by atoms with van der Waals surface area (Å²) in [6.07, 6.45) is 3.57. The highest BCUT2D eigenvalue weighted by Gasteiger charge is 2.35. The van der Waals surface area contributed by atoms with Crippen LogP contribution in [0.1, 0.15) is 48.4 Å². The lowest BCUT2D eigenvalue weighted by molar-refractivity contribution is -0.147. The van der Waals surface area contributed by atoms with E-state index < -0.39 is 11.9 Å². The standard InChI is InChI=1S/C33H42IN3O5S/c1-5-24(8-11-34)36-12-9-23-15-22(16-30(40-3)27(23)17-36)19-42-29-7-6-21(2)14-26(29)28-20-43-33(35-28)37-13-10-25(32(38)39)31(18-37)41-4/h6-7,14-16,20,24-25,31H,5,8-13,17-19H2,1-4H3,(H,38,39)/t24?,25-,31?/m1/s1. The highest BCUT2D eigenvalue weighted by atomic mass is 127. The molecule has 1 aromatic heterocycles. The molecule has 3 aromatic rings. The molecule has 0 spiro atoms. The Hall–Kier alpha value is -2.41. The van der Waals surface area contributed by atoms with Crippen molar-refractivity contribution in [3.8, 4) is 22.8 Å². The van der Waals surface area contributed by atoms with E-state index in [1.54, 1.807) is 25.6 Å². The van der Waals surface area contributed by atoms with Gasteiger partial charge in [0.15, 0.2) is 5.13 Å². The molecule has 2 unspecified atom stereocenters. The van der Waals surface area contributed by atoms with Gasteiger partial charge in [-0.2, -0.15) is 0 Å². The lowest BCUT2D eigenvalue weighted by Crippen LogP contribution is -2.47. The summed E-state index contributed by atoms with van der Waals surface area (Å²) in [5.74, 6) is 0.435. The number of carboxylic acids is 1. The number of fused-ring (bicyclic) bond motifs is 1. The zero-order chi connectivity index (χ0) is 30.5. The molecule has 232 valence electrons. The van der Waals surface area contributed by atoms with Crippen LogP contribution in [-0.4, -0.2) is 71.4 Å². The van der Waals surface area contributed by atoms with Crippen LogP contribution in [-0.2, 0) is 29.1 Å². The van der Waals surface area contributed by atoms with E-state index in [1.165, 1.54) is 28.4 Å². The van der Waals surface area contributed by atoms with Gasteiger partial charge in [0.05, 0.1) is 24.8 Å². The monoisotopic (exact) mass is 719 g/mol. The number of benzene rings is 2. The number of carboxylic acid groups (broad SMARTS) is 1. The molecule has 2 aliphatic rings. The van der Waals surface area contributed by atoms with Crippen LogP contribution in [0.5, 0.6) is 11.5 Å². The van der Waals surface area contributed by atoms with E-state index >= 15 is 0 Å². The third kappa shape index (κ3) is 7.29. The summed E-state index contributed by atoms with van der Waals surface area (Å²) < 4.78 is 19.1. The summed E-state index contributed by atoms with van der Waals surface area (Å²) in [4.78, 5) is 21.3. The third-order valence-electron chi connectivity index (χ3n) is 8.79. The van der Waals surface area contributed by atoms with E-state index in [-0.39, 0.29) is 6.10 Å². The van der Waals surface area contributed by atoms with E-state index in [1.807, 2.05) is 6.07 Å². The first-order chi connectivity index (χ1) is 20.8. The number of carbonyl (C=O) groups is 1. The molecule has 0 aliphatic carbocycles. The molecule has 1 fully saturated rings. The number of aromatic nitrogens is 1. The second-order valence-corrected chi connectivity index (χ2v) is 13.4. The number of hydrogen-bond donors (Lipinski definition) is 1. The summed E-state index contributed by atoms with van der Waals surface area (Å²) in [5, 5.41) is 12.5. The number of hydrogen-bond acceptors (Lipinski definition) is 8. The largest absolute Gasteiger partial charge is 0.496 e. The van der Waals surface area contributed by atoms with Gasteiger partial charge in [-0.15, -0.1) is 11.3 Å². The zero-order valence-corrected chi connectivity index (χ0v) is 28.4. The van der Waals surface area contributed by atoms with E-state index in [4.69, 9.17) is 19.2 Å². The molecule has 0 bridgehead atoms. The first kappa shape index (κ1) is 32.0. The van der Waals surface area contributed by atoms with Gasteiger partial charge < -0.3 is 24.2 Å². The van der Waals surface area contributed by atoms with Crippen molar-refractivity contribution in [3.05, 3.63) is 58.0 Å². The topological polar surface area (TPSA) is 84.4 Å². The fraction of sp³-hybridized carbons (Fsp3) is 0.515. The van der Waals surface area contributed by atoms with Crippen molar-refractivity contribution in [2.24, 2.45) is 5.92 Å². The third-order valence-corrected chi connectivity index (χ3v) is 10.3. The van der Waals surface area contributed by atoms with Gasteiger partial charge in [0.2, 0.25) is 0 Å². The van der Waals surface area contributed by atoms with Gasteiger partial charge in [-0.05, 0) is 61.9 Å². The van der Waals surface area contributed by atoms with E-state index in [9.17, 15) is 9.90 Å². The molecule has 5 rings (SSSR count). The van der Waals surface area contributed by atoms with Gasteiger partial charge in [-0.1, -0.05) is 47.2 Å². The number of piperidine rings is 1. The molecule has 8 nitrogen and oxygen atoms in total. The number of anilines is 1. The number of alkyl halides is 1. The van der Waals surface area contributed by atoms with Gasteiger partial charge in [0.1, 0.15) is 18.1 Å². The van der Waals surface area contributed by atoms with Crippen molar-refractivity contribution >= 4 is 45.0 Å². The van der Waals surface area contributed by atoms with Gasteiger partial charge >= 0.3 is 5.97 Å². The molecule has 0 amide bonds. The van der Waals surface area contributed by atoms with Crippen molar-refractivity contribution < 1.29 is 24.1 Å². The van der Waals surface area contributed by atoms with Crippen molar-refractivity contribution in [3.63, 3.8) is 0 Å². The number of aliphatic carboxylic acids is 1. The van der Waals surface area contributed by atoms with Crippen molar-refractivity contribution in [1.82, 2.24) is 9.88 Å². The van der Waals surface area contributed by atoms with Crippen molar-refractivity contribution in [2.45, 2.75) is 64.8 Å². The average Bonchev–Trinajstić information content (AvgIpc) is 3.52. The normalized spacial score (nSPS) is 19.6.